The van der Waals surface area contributed by atoms with Crippen LogP contribution in [0.4, 0.5) is 0 Å². The van der Waals surface area contributed by atoms with Crippen LogP contribution in [0.3, 0.4) is 0 Å². The summed E-state index contributed by atoms with van der Waals surface area (Å²) in [4.78, 5) is 0. The van der Waals surface area contributed by atoms with Crippen molar-refractivity contribution in [3.63, 3.8) is 0 Å². The molecule has 1 atom stereocenters. The van der Waals surface area contributed by atoms with Gasteiger partial charge in [-0.2, -0.15) is 0 Å². The second-order valence-corrected chi connectivity index (χ2v) is 7.29. The fourth-order valence-corrected chi connectivity index (χ4v) is 3.35. The van der Waals surface area contributed by atoms with Gasteiger partial charge in [-0.1, -0.05) is 32.0 Å². The molecular formula is C14H21NO2S. The van der Waals surface area contributed by atoms with Gasteiger partial charge in [0.2, 0.25) is 10.0 Å². The van der Waals surface area contributed by atoms with E-state index in [1.165, 1.54) is 22.9 Å². The molecule has 1 aromatic rings. The van der Waals surface area contributed by atoms with Crippen molar-refractivity contribution in [1.82, 2.24) is 4.72 Å². The van der Waals surface area contributed by atoms with Gasteiger partial charge in [-0.05, 0) is 41.9 Å². The number of benzene rings is 1. The zero-order valence-electron chi connectivity index (χ0n) is 11.2. The quantitative estimate of drug-likeness (QED) is 0.912. The van der Waals surface area contributed by atoms with E-state index in [9.17, 15) is 8.42 Å². The molecule has 1 aliphatic rings. The second kappa shape index (κ2) is 5.02. The zero-order chi connectivity index (χ0) is 13.3. The molecule has 2 rings (SSSR count). The van der Waals surface area contributed by atoms with Crippen LogP contribution in [0, 0.1) is 0 Å². The molecule has 0 saturated heterocycles. The van der Waals surface area contributed by atoms with Crippen molar-refractivity contribution in [2.45, 2.75) is 45.1 Å². The number of rotatable bonds is 3. The average Bonchev–Trinajstić information content (AvgIpc) is 2.25. The molecule has 0 spiro atoms. The topological polar surface area (TPSA) is 46.2 Å². The van der Waals surface area contributed by atoms with Crippen LogP contribution in [0.1, 0.15) is 42.9 Å². The van der Waals surface area contributed by atoms with E-state index in [4.69, 9.17) is 0 Å². The highest BCUT2D eigenvalue weighted by Crippen LogP contribution is 2.25. The Morgan fingerprint density at radius 3 is 2.61 bits per heavy atom. The van der Waals surface area contributed by atoms with Crippen LogP contribution in [0.2, 0.25) is 0 Å². The first kappa shape index (κ1) is 13.6. The molecule has 0 fully saturated rings. The SMILES string of the molecule is CC(C)c1ccc2c(c1)CC(NS(C)(=O)=O)CC2. The average molecular weight is 267 g/mol. The Bertz CT molecular complexity index is 535. The molecule has 4 heteroatoms. The van der Waals surface area contributed by atoms with Crippen molar-refractivity contribution in [2.75, 3.05) is 6.26 Å². The van der Waals surface area contributed by atoms with Gasteiger partial charge in [-0.25, -0.2) is 13.1 Å². The Kier molecular flexibility index (Phi) is 3.78. The van der Waals surface area contributed by atoms with Gasteiger partial charge in [-0.15, -0.1) is 0 Å². The number of hydrogen-bond acceptors (Lipinski definition) is 2. The van der Waals surface area contributed by atoms with E-state index in [2.05, 4.69) is 36.8 Å². The van der Waals surface area contributed by atoms with E-state index >= 15 is 0 Å². The minimum atomic E-state index is -3.10. The first-order chi connectivity index (χ1) is 8.35. The smallest absolute Gasteiger partial charge is 0.208 e. The molecule has 0 heterocycles. The lowest BCUT2D eigenvalue weighted by Crippen LogP contribution is -2.38. The molecule has 1 N–H and O–H groups in total. The van der Waals surface area contributed by atoms with E-state index < -0.39 is 10.0 Å². The minimum absolute atomic E-state index is 0.0508. The Morgan fingerprint density at radius 2 is 2.00 bits per heavy atom. The van der Waals surface area contributed by atoms with Crippen LogP contribution in [0.25, 0.3) is 0 Å². The second-order valence-electron chi connectivity index (χ2n) is 5.51. The molecule has 0 bridgehead atoms. The van der Waals surface area contributed by atoms with Crippen molar-refractivity contribution in [2.24, 2.45) is 0 Å². The fourth-order valence-electron chi connectivity index (χ4n) is 2.54. The third-order valence-corrected chi connectivity index (χ3v) is 4.27. The summed E-state index contributed by atoms with van der Waals surface area (Å²) in [6, 6.07) is 6.67. The number of fused-ring (bicyclic) bond motifs is 1. The molecule has 1 aliphatic carbocycles. The van der Waals surface area contributed by atoms with Gasteiger partial charge in [0.05, 0.1) is 6.26 Å². The number of aryl methyl sites for hydroxylation is 1. The van der Waals surface area contributed by atoms with E-state index in [0.29, 0.717) is 5.92 Å². The summed E-state index contributed by atoms with van der Waals surface area (Å²) in [5.41, 5.74) is 3.99. The predicted octanol–water partition coefficient (Wildman–Crippen LogP) is 2.22. The maximum Gasteiger partial charge on any atom is 0.208 e. The van der Waals surface area contributed by atoms with Crippen molar-refractivity contribution in [3.05, 3.63) is 34.9 Å². The zero-order valence-corrected chi connectivity index (χ0v) is 12.0. The summed E-state index contributed by atoms with van der Waals surface area (Å²) in [5, 5.41) is 0. The first-order valence-corrected chi connectivity index (χ1v) is 8.33. The van der Waals surface area contributed by atoms with Crippen molar-refractivity contribution in [1.29, 1.82) is 0 Å². The summed E-state index contributed by atoms with van der Waals surface area (Å²) in [6.45, 7) is 4.35. The molecule has 100 valence electrons. The van der Waals surface area contributed by atoms with Crippen LogP contribution in [0.5, 0.6) is 0 Å². The van der Waals surface area contributed by atoms with Gasteiger partial charge in [0.15, 0.2) is 0 Å². The number of sulfonamides is 1. The predicted molar refractivity (Wildman–Crippen MR) is 74.3 cm³/mol. The van der Waals surface area contributed by atoms with E-state index in [1.807, 2.05) is 0 Å². The summed E-state index contributed by atoms with van der Waals surface area (Å²) in [7, 11) is -3.10. The molecular weight excluding hydrogens is 246 g/mol. The monoisotopic (exact) mass is 267 g/mol. The molecule has 1 aromatic carbocycles. The normalized spacial score (nSPS) is 19.9. The standard InChI is InChI=1S/C14H21NO2S/c1-10(2)12-5-4-11-6-7-14(9-13(11)8-12)15-18(3,16)17/h4-5,8,10,14-15H,6-7,9H2,1-3H3. The molecule has 3 nitrogen and oxygen atoms in total. The molecule has 0 amide bonds. The Labute approximate surface area is 110 Å². The van der Waals surface area contributed by atoms with Crippen molar-refractivity contribution >= 4 is 10.0 Å². The van der Waals surface area contributed by atoms with E-state index in [1.54, 1.807) is 0 Å². The third kappa shape index (κ3) is 3.33. The maximum absolute atomic E-state index is 11.3. The van der Waals surface area contributed by atoms with E-state index in [0.717, 1.165) is 19.3 Å². The van der Waals surface area contributed by atoms with Gasteiger partial charge >= 0.3 is 0 Å². The van der Waals surface area contributed by atoms with Crippen LogP contribution in [-0.4, -0.2) is 20.7 Å². The van der Waals surface area contributed by atoms with Gasteiger partial charge in [0, 0.05) is 6.04 Å². The highest BCUT2D eigenvalue weighted by Gasteiger charge is 2.21. The molecule has 0 aliphatic heterocycles. The summed E-state index contributed by atoms with van der Waals surface area (Å²) < 4.78 is 25.3. The fraction of sp³-hybridized carbons (Fsp3) is 0.571. The van der Waals surface area contributed by atoms with Crippen LogP contribution >= 0.6 is 0 Å². The van der Waals surface area contributed by atoms with Gasteiger partial charge in [0.1, 0.15) is 0 Å². The molecule has 0 aromatic heterocycles. The van der Waals surface area contributed by atoms with Crippen molar-refractivity contribution in [3.8, 4) is 0 Å². The number of hydrogen-bond donors (Lipinski definition) is 1. The molecule has 0 radical (unpaired) electrons. The Morgan fingerprint density at radius 1 is 1.28 bits per heavy atom. The van der Waals surface area contributed by atoms with Gasteiger partial charge < -0.3 is 0 Å². The first-order valence-electron chi connectivity index (χ1n) is 6.44. The highest BCUT2D eigenvalue weighted by molar-refractivity contribution is 7.88. The largest absolute Gasteiger partial charge is 0.213 e. The van der Waals surface area contributed by atoms with Crippen LogP contribution in [-0.2, 0) is 22.9 Å². The number of nitrogens with one attached hydrogen (secondary N) is 1. The lowest BCUT2D eigenvalue weighted by molar-refractivity contribution is 0.510. The highest BCUT2D eigenvalue weighted by atomic mass is 32.2. The Hall–Kier alpha value is -0.870. The van der Waals surface area contributed by atoms with Crippen LogP contribution < -0.4 is 4.72 Å². The molecule has 18 heavy (non-hydrogen) atoms. The van der Waals surface area contributed by atoms with Crippen molar-refractivity contribution < 1.29 is 8.42 Å². The lowest BCUT2D eigenvalue weighted by atomic mass is 9.86. The molecule has 0 saturated carbocycles. The van der Waals surface area contributed by atoms with Gasteiger partial charge in [-0.3, -0.25) is 0 Å². The third-order valence-electron chi connectivity index (χ3n) is 3.51. The molecule has 1 unspecified atom stereocenters. The van der Waals surface area contributed by atoms with E-state index in [-0.39, 0.29) is 6.04 Å². The van der Waals surface area contributed by atoms with Crippen LogP contribution in [0.15, 0.2) is 18.2 Å². The lowest BCUT2D eigenvalue weighted by Gasteiger charge is -2.25. The maximum atomic E-state index is 11.3. The summed E-state index contributed by atoms with van der Waals surface area (Å²) in [5.74, 6) is 0.513. The minimum Gasteiger partial charge on any atom is -0.213 e. The summed E-state index contributed by atoms with van der Waals surface area (Å²) in [6.07, 6.45) is 3.89. The van der Waals surface area contributed by atoms with Gasteiger partial charge in [0.25, 0.3) is 0 Å². The summed E-state index contributed by atoms with van der Waals surface area (Å²) >= 11 is 0. The Balaban J connectivity index is 2.19.